The number of hydrogen-bond acceptors (Lipinski definition) is 7. The van der Waals surface area contributed by atoms with Gasteiger partial charge in [0.15, 0.2) is 11.6 Å². The number of nitrogens with one attached hydrogen (secondary N) is 1. The van der Waals surface area contributed by atoms with Gasteiger partial charge in [-0.1, -0.05) is 0 Å². The van der Waals surface area contributed by atoms with Crippen molar-refractivity contribution in [2.24, 2.45) is 0 Å². The van der Waals surface area contributed by atoms with Gasteiger partial charge in [0.25, 0.3) is 0 Å². The van der Waals surface area contributed by atoms with Crippen molar-refractivity contribution in [3.63, 3.8) is 0 Å². The van der Waals surface area contributed by atoms with E-state index in [4.69, 9.17) is 0 Å². The Morgan fingerprint density at radius 2 is 1.74 bits per heavy atom. The number of benzene rings is 1. The molecule has 0 bridgehead atoms. The number of anilines is 2. The molecule has 4 rings (SSSR count). The third-order valence-corrected chi connectivity index (χ3v) is 7.11. The molecule has 31 heavy (non-hydrogen) atoms. The predicted molar refractivity (Wildman–Crippen MR) is 116 cm³/mol. The van der Waals surface area contributed by atoms with E-state index in [1.807, 2.05) is 23.1 Å². The van der Waals surface area contributed by atoms with Gasteiger partial charge in [-0.2, -0.15) is 9.40 Å². The van der Waals surface area contributed by atoms with Gasteiger partial charge in [-0.15, -0.1) is 10.2 Å². The molecule has 1 amide bonds. The fourth-order valence-electron chi connectivity index (χ4n) is 3.53. The number of carbonyl (C=O) groups excluding carboxylic acids is 1. The second-order valence-electron chi connectivity index (χ2n) is 7.25. The molecule has 0 aliphatic carbocycles. The summed E-state index contributed by atoms with van der Waals surface area (Å²) in [5.41, 5.74) is 1.17. The normalized spacial score (nSPS) is 15.1. The average Bonchev–Trinajstić information content (AvgIpc) is 3.28. The molecule has 10 nitrogen and oxygen atoms in total. The van der Waals surface area contributed by atoms with E-state index in [1.165, 1.54) is 11.2 Å². The van der Waals surface area contributed by atoms with Gasteiger partial charge in [0.2, 0.25) is 15.9 Å². The molecule has 1 saturated heterocycles. The average molecular weight is 442 g/mol. The van der Waals surface area contributed by atoms with Crippen LogP contribution in [0.3, 0.4) is 0 Å². The molecule has 1 fully saturated rings. The first kappa shape index (κ1) is 20.9. The third kappa shape index (κ3) is 4.42. The van der Waals surface area contributed by atoms with E-state index >= 15 is 0 Å². The van der Waals surface area contributed by atoms with Crippen LogP contribution in [0, 0.1) is 6.92 Å². The van der Waals surface area contributed by atoms with Crippen LogP contribution >= 0.6 is 0 Å². The standard InChI is InChI=1S/C20H23N7O3S/c1-15-14-17(22-16(2)28)4-5-18(15)31(29,30)26-12-10-25(11-13-26)19-6-7-20(24-23-19)27-9-3-8-21-27/h3-9,14H,10-13H2,1-2H3,(H,22,28). The summed E-state index contributed by atoms with van der Waals surface area (Å²) < 4.78 is 29.4. The molecular formula is C20H23N7O3S. The van der Waals surface area contributed by atoms with E-state index in [0.29, 0.717) is 49.1 Å². The number of aryl methyl sites for hydroxylation is 1. The highest BCUT2D eigenvalue weighted by Gasteiger charge is 2.30. The van der Waals surface area contributed by atoms with Crippen molar-refractivity contribution < 1.29 is 13.2 Å². The quantitative estimate of drug-likeness (QED) is 0.637. The first-order chi connectivity index (χ1) is 14.8. The highest BCUT2D eigenvalue weighted by atomic mass is 32.2. The van der Waals surface area contributed by atoms with E-state index < -0.39 is 10.0 Å². The summed E-state index contributed by atoms with van der Waals surface area (Å²) in [6.07, 6.45) is 3.46. The molecule has 3 heterocycles. The number of hydrogen-bond donors (Lipinski definition) is 1. The van der Waals surface area contributed by atoms with Crippen LogP contribution in [-0.2, 0) is 14.8 Å². The summed E-state index contributed by atoms with van der Waals surface area (Å²) in [4.78, 5) is 13.5. The summed E-state index contributed by atoms with van der Waals surface area (Å²) >= 11 is 0. The monoisotopic (exact) mass is 441 g/mol. The second-order valence-corrected chi connectivity index (χ2v) is 9.16. The summed E-state index contributed by atoms with van der Waals surface area (Å²) in [6, 6.07) is 10.3. The second kappa shape index (κ2) is 8.44. The lowest BCUT2D eigenvalue weighted by molar-refractivity contribution is -0.114. The van der Waals surface area contributed by atoms with Crippen molar-refractivity contribution in [3.8, 4) is 5.82 Å². The number of amides is 1. The molecule has 1 aliphatic rings. The molecule has 162 valence electrons. The van der Waals surface area contributed by atoms with E-state index in [1.54, 1.807) is 42.2 Å². The van der Waals surface area contributed by atoms with Gasteiger partial charge in [0.1, 0.15) is 0 Å². The molecule has 1 N–H and O–H groups in total. The Balaban J connectivity index is 1.44. The van der Waals surface area contributed by atoms with Crippen LogP contribution in [0.5, 0.6) is 0 Å². The molecule has 1 aromatic carbocycles. The van der Waals surface area contributed by atoms with Crippen LogP contribution in [0.15, 0.2) is 53.7 Å². The molecule has 0 spiro atoms. The van der Waals surface area contributed by atoms with Crippen molar-refractivity contribution in [1.82, 2.24) is 24.3 Å². The summed E-state index contributed by atoms with van der Waals surface area (Å²) in [7, 11) is -3.63. The van der Waals surface area contributed by atoms with Gasteiger partial charge in [-0.05, 0) is 48.9 Å². The zero-order valence-electron chi connectivity index (χ0n) is 17.3. The molecule has 3 aromatic rings. The van der Waals surface area contributed by atoms with Crippen LogP contribution < -0.4 is 10.2 Å². The van der Waals surface area contributed by atoms with E-state index in [0.717, 1.165) is 0 Å². The Morgan fingerprint density at radius 3 is 2.32 bits per heavy atom. The Labute approximate surface area is 180 Å². The van der Waals surface area contributed by atoms with Crippen LogP contribution in [0.4, 0.5) is 11.5 Å². The maximum absolute atomic E-state index is 13.1. The Morgan fingerprint density at radius 1 is 1.03 bits per heavy atom. The SMILES string of the molecule is CC(=O)Nc1ccc(S(=O)(=O)N2CCN(c3ccc(-n4cccn4)nn3)CC2)c(C)c1. The fourth-order valence-corrected chi connectivity index (χ4v) is 5.16. The van der Waals surface area contributed by atoms with E-state index in [2.05, 4.69) is 20.6 Å². The van der Waals surface area contributed by atoms with E-state index in [9.17, 15) is 13.2 Å². The van der Waals surface area contributed by atoms with Crippen molar-refractivity contribution in [2.45, 2.75) is 18.7 Å². The summed E-state index contributed by atoms with van der Waals surface area (Å²) in [5, 5.41) is 15.3. The van der Waals surface area contributed by atoms with Gasteiger partial charge in [0, 0.05) is 51.2 Å². The number of aromatic nitrogens is 4. The number of carbonyl (C=O) groups is 1. The van der Waals surface area contributed by atoms with Gasteiger partial charge in [-0.25, -0.2) is 13.1 Å². The topological polar surface area (TPSA) is 113 Å². The smallest absolute Gasteiger partial charge is 0.243 e. The minimum absolute atomic E-state index is 0.202. The van der Waals surface area contributed by atoms with Gasteiger partial charge >= 0.3 is 0 Å². The summed E-state index contributed by atoms with van der Waals surface area (Å²) in [5.74, 6) is 1.11. The fraction of sp³-hybridized carbons (Fsp3) is 0.300. The molecule has 11 heteroatoms. The maximum atomic E-state index is 13.1. The third-order valence-electron chi connectivity index (χ3n) is 5.05. The molecule has 0 atom stereocenters. The van der Waals surface area contributed by atoms with E-state index in [-0.39, 0.29) is 10.8 Å². The molecule has 0 saturated carbocycles. The molecule has 0 radical (unpaired) electrons. The highest BCUT2D eigenvalue weighted by molar-refractivity contribution is 7.89. The molecule has 2 aromatic heterocycles. The largest absolute Gasteiger partial charge is 0.352 e. The lowest BCUT2D eigenvalue weighted by atomic mass is 10.2. The first-order valence-corrected chi connectivity index (χ1v) is 11.3. The zero-order valence-corrected chi connectivity index (χ0v) is 18.1. The molecular weight excluding hydrogens is 418 g/mol. The lowest BCUT2D eigenvalue weighted by Crippen LogP contribution is -2.49. The minimum Gasteiger partial charge on any atom is -0.352 e. The number of rotatable bonds is 5. The van der Waals surface area contributed by atoms with Crippen LogP contribution in [0.1, 0.15) is 12.5 Å². The number of sulfonamides is 1. The van der Waals surface area contributed by atoms with Crippen molar-refractivity contribution in [3.05, 3.63) is 54.4 Å². The van der Waals surface area contributed by atoms with Crippen LogP contribution in [0.2, 0.25) is 0 Å². The summed E-state index contributed by atoms with van der Waals surface area (Å²) in [6.45, 7) is 4.85. The minimum atomic E-state index is -3.63. The first-order valence-electron chi connectivity index (χ1n) is 9.82. The predicted octanol–water partition coefficient (Wildman–Crippen LogP) is 1.44. The van der Waals surface area contributed by atoms with Crippen LogP contribution in [-0.4, -0.2) is 64.8 Å². The number of piperazine rings is 1. The van der Waals surface area contributed by atoms with Crippen molar-refractivity contribution in [2.75, 3.05) is 36.4 Å². The van der Waals surface area contributed by atoms with Gasteiger partial charge in [0.05, 0.1) is 4.90 Å². The number of nitrogens with zero attached hydrogens (tertiary/aromatic N) is 6. The lowest BCUT2D eigenvalue weighted by Gasteiger charge is -2.34. The molecule has 1 aliphatic heterocycles. The zero-order chi connectivity index (χ0) is 22.0. The van der Waals surface area contributed by atoms with Crippen molar-refractivity contribution in [1.29, 1.82) is 0 Å². The van der Waals surface area contributed by atoms with Crippen LogP contribution in [0.25, 0.3) is 5.82 Å². The highest BCUT2D eigenvalue weighted by Crippen LogP contribution is 2.25. The van der Waals surface area contributed by atoms with Gasteiger partial charge < -0.3 is 10.2 Å². The Bertz CT molecular complexity index is 1170. The van der Waals surface area contributed by atoms with Gasteiger partial charge in [-0.3, -0.25) is 4.79 Å². The van der Waals surface area contributed by atoms with Crippen molar-refractivity contribution >= 4 is 27.4 Å². The molecule has 0 unspecified atom stereocenters. The Hall–Kier alpha value is -3.31. The maximum Gasteiger partial charge on any atom is 0.243 e. The Kier molecular flexibility index (Phi) is 5.70.